The van der Waals surface area contributed by atoms with Crippen LogP contribution in [0.1, 0.15) is 49.4 Å². The molecule has 0 bridgehead atoms. The van der Waals surface area contributed by atoms with Crippen molar-refractivity contribution in [3.05, 3.63) is 65.2 Å². The summed E-state index contributed by atoms with van der Waals surface area (Å²) in [5.74, 6) is -0.165. The third-order valence-electron chi connectivity index (χ3n) is 6.69. The summed E-state index contributed by atoms with van der Waals surface area (Å²) in [6.45, 7) is 7.86. The lowest BCUT2D eigenvalue weighted by atomic mass is 9.82. The summed E-state index contributed by atoms with van der Waals surface area (Å²) in [6, 6.07) is 11.3. The van der Waals surface area contributed by atoms with Crippen LogP contribution in [0.3, 0.4) is 0 Å². The maximum Gasteiger partial charge on any atom is 0.123 e. The molecule has 0 spiro atoms. The van der Waals surface area contributed by atoms with E-state index in [9.17, 15) is 4.39 Å². The zero-order valence-electron chi connectivity index (χ0n) is 17.1. The Bertz CT molecular complexity index is 785. The van der Waals surface area contributed by atoms with E-state index in [0.29, 0.717) is 0 Å². The highest BCUT2D eigenvalue weighted by Crippen LogP contribution is 2.54. The second-order valence-electron chi connectivity index (χ2n) is 8.65. The van der Waals surface area contributed by atoms with E-state index in [2.05, 4.69) is 35.1 Å². The summed E-state index contributed by atoms with van der Waals surface area (Å²) < 4.78 is 19.1. The SMILES string of the molecule is CCOC[C@@]1(CCc2ccc(F)cc2)CCN(C2(c3ccc(C)nc3)CC2)C1. The molecule has 4 heteroatoms. The highest BCUT2D eigenvalue weighted by atomic mass is 19.1. The molecule has 0 radical (unpaired) electrons. The number of hydrogen-bond donors (Lipinski definition) is 0. The second-order valence-corrected chi connectivity index (χ2v) is 8.65. The minimum atomic E-state index is -0.165. The molecule has 2 aliphatic rings. The van der Waals surface area contributed by atoms with Gasteiger partial charge >= 0.3 is 0 Å². The van der Waals surface area contributed by atoms with E-state index >= 15 is 0 Å². The Labute approximate surface area is 167 Å². The molecule has 150 valence electrons. The monoisotopic (exact) mass is 382 g/mol. The Kier molecular flexibility index (Phi) is 5.52. The number of aromatic nitrogens is 1. The number of benzene rings is 1. The summed E-state index contributed by atoms with van der Waals surface area (Å²) in [5.41, 5.74) is 4.01. The first-order valence-electron chi connectivity index (χ1n) is 10.6. The van der Waals surface area contributed by atoms with E-state index in [1.165, 1.54) is 24.0 Å². The summed E-state index contributed by atoms with van der Waals surface area (Å²) >= 11 is 0. The normalized spacial score (nSPS) is 23.8. The van der Waals surface area contributed by atoms with Gasteiger partial charge in [-0.2, -0.15) is 0 Å². The van der Waals surface area contributed by atoms with E-state index in [1.807, 2.05) is 19.1 Å². The average molecular weight is 383 g/mol. The number of rotatable bonds is 8. The molecule has 4 rings (SSSR count). The van der Waals surface area contributed by atoms with Crippen molar-refractivity contribution < 1.29 is 9.13 Å². The topological polar surface area (TPSA) is 25.4 Å². The van der Waals surface area contributed by atoms with E-state index in [1.54, 1.807) is 12.1 Å². The van der Waals surface area contributed by atoms with Crippen LogP contribution in [-0.2, 0) is 16.7 Å². The molecule has 1 aliphatic carbocycles. The van der Waals surface area contributed by atoms with Gasteiger partial charge in [-0.25, -0.2) is 4.39 Å². The number of ether oxygens (including phenoxy) is 1. The molecule has 0 N–H and O–H groups in total. The standard InChI is InChI=1S/C24H31FN2O/c1-3-28-18-23(11-10-20-5-8-22(25)9-6-20)14-15-27(17-23)24(12-13-24)21-7-4-19(2)26-16-21/h4-9,16H,3,10-15,17-18H2,1-2H3/t23-/m0/s1. The molecule has 1 aromatic carbocycles. The van der Waals surface area contributed by atoms with Crippen molar-refractivity contribution in [2.45, 2.75) is 51.5 Å². The molecule has 2 aromatic rings. The zero-order valence-corrected chi connectivity index (χ0v) is 17.1. The first-order chi connectivity index (χ1) is 13.6. The van der Waals surface area contributed by atoms with Crippen molar-refractivity contribution in [3.63, 3.8) is 0 Å². The van der Waals surface area contributed by atoms with Crippen molar-refractivity contribution in [1.82, 2.24) is 9.88 Å². The Balaban J connectivity index is 1.47. The molecule has 0 amide bonds. The summed E-state index contributed by atoms with van der Waals surface area (Å²) in [7, 11) is 0. The largest absolute Gasteiger partial charge is 0.381 e. The summed E-state index contributed by atoms with van der Waals surface area (Å²) in [6.07, 6.45) is 7.73. The second kappa shape index (κ2) is 7.92. The minimum absolute atomic E-state index is 0.165. The van der Waals surface area contributed by atoms with E-state index < -0.39 is 0 Å². The number of nitrogens with zero attached hydrogens (tertiary/aromatic N) is 2. The molecule has 28 heavy (non-hydrogen) atoms. The molecule has 0 unspecified atom stereocenters. The highest BCUT2D eigenvalue weighted by molar-refractivity contribution is 5.30. The van der Waals surface area contributed by atoms with Gasteiger partial charge in [-0.3, -0.25) is 9.88 Å². The van der Waals surface area contributed by atoms with E-state index in [4.69, 9.17) is 4.74 Å². The Morgan fingerprint density at radius 3 is 2.54 bits per heavy atom. The maximum absolute atomic E-state index is 13.2. The Hall–Kier alpha value is -1.78. The summed E-state index contributed by atoms with van der Waals surface area (Å²) in [5, 5.41) is 0. The number of pyridine rings is 1. The first kappa shape index (κ1) is 19.5. The van der Waals surface area contributed by atoms with Gasteiger partial charge in [0.1, 0.15) is 5.82 Å². The lowest BCUT2D eigenvalue weighted by Crippen LogP contribution is -2.38. The molecular formula is C24H31FN2O. The van der Waals surface area contributed by atoms with Gasteiger partial charge in [0.25, 0.3) is 0 Å². The van der Waals surface area contributed by atoms with Gasteiger partial charge in [0.15, 0.2) is 0 Å². The third kappa shape index (κ3) is 3.99. The lowest BCUT2D eigenvalue weighted by Gasteiger charge is -2.33. The van der Waals surface area contributed by atoms with Gasteiger partial charge in [-0.05, 0) is 81.8 Å². The average Bonchev–Trinajstić information content (AvgIpc) is 3.41. The number of halogens is 1. The molecule has 2 heterocycles. The van der Waals surface area contributed by atoms with Crippen LogP contribution >= 0.6 is 0 Å². The fourth-order valence-electron chi connectivity index (χ4n) is 4.72. The Morgan fingerprint density at radius 1 is 1.11 bits per heavy atom. The van der Waals surface area contributed by atoms with Gasteiger partial charge in [0.05, 0.1) is 6.61 Å². The quantitative estimate of drug-likeness (QED) is 0.651. The van der Waals surface area contributed by atoms with Crippen LogP contribution in [-0.4, -0.2) is 36.2 Å². The van der Waals surface area contributed by atoms with Crippen molar-refractivity contribution in [1.29, 1.82) is 0 Å². The fraction of sp³-hybridized carbons (Fsp3) is 0.542. The van der Waals surface area contributed by atoms with Crippen LogP contribution in [0.2, 0.25) is 0 Å². The zero-order chi connectivity index (χ0) is 19.6. The molecule has 3 nitrogen and oxygen atoms in total. The number of likely N-dealkylation sites (tertiary alicyclic amines) is 1. The predicted molar refractivity (Wildman–Crippen MR) is 110 cm³/mol. The van der Waals surface area contributed by atoms with Gasteiger partial charge in [-0.1, -0.05) is 18.2 Å². The smallest absolute Gasteiger partial charge is 0.123 e. The van der Waals surface area contributed by atoms with Crippen LogP contribution in [0.5, 0.6) is 0 Å². The lowest BCUT2D eigenvalue weighted by molar-refractivity contribution is 0.0443. The fourth-order valence-corrected chi connectivity index (χ4v) is 4.72. The molecule has 1 aromatic heterocycles. The molecular weight excluding hydrogens is 351 g/mol. The van der Waals surface area contributed by atoms with Crippen molar-refractivity contribution in [3.8, 4) is 0 Å². The van der Waals surface area contributed by atoms with Crippen LogP contribution in [0.25, 0.3) is 0 Å². The maximum atomic E-state index is 13.2. The molecule has 1 saturated heterocycles. The van der Waals surface area contributed by atoms with Gasteiger partial charge < -0.3 is 4.74 Å². The van der Waals surface area contributed by atoms with Crippen LogP contribution < -0.4 is 0 Å². The predicted octanol–water partition coefficient (Wildman–Crippen LogP) is 4.88. The van der Waals surface area contributed by atoms with E-state index in [0.717, 1.165) is 51.3 Å². The third-order valence-corrected chi connectivity index (χ3v) is 6.69. The van der Waals surface area contributed by atoms with Crippen molar-refractivity contribution in [2.75, 3.05) is 26.3 Å². The van der Waals surface area contributed by atoms with Crippen molar-refractivity contribution >= 4 is 0 Å². The molecule has 1 saturated carbocycles. The van der Waals surface area contributed by atoms with Crippen LogP contribution in [0, 0.1) is 18.2 Å². The van der Waals surface area contributed by atoms with Crippen molar-refractivity contribution in [2.24, 2.45) is 5.41 Å². The van der Waals surface area contributed by atoms with Gasteiger partial charge in [0.2, 0.25) is 0 Å². The van der Waals surface area contributed by atoms with Crippen LogP contribution in [0.15, 0.2) is 42.6 Å². The van der Waals surface area contributed by atoms with Gasteiger partial charge in [0, 0.05) is 36.0 Å². The van der Waals surface area contributed by atoms with Gasteiger partial charge in [-0.15, -0.1) is 0 Å². The first-order valence-corrected chi connectivity index (χ1v) is 10.6. The van der Waals surface area contributed by atoms with Crippen LogP contribution in [0.4, 0.5) is 4.39 Å². The molecule has 2 fully saturated rings. The summed E-state index contributed by atoms with van der Waals surface area (Å²) in [4.78, 5) is 7.23. The number of aryl methyl sites for hydroxylation is 2. The number of hydrogen-bond acceptors (Lipinski definition) is 3. The Morgan fingerprint density at radius 2 is 1.89 bits per heavy atom. The minimum Gasteiger partial charge on any atom is -0.381 e. The molecule has 1 atom stereocenters. The molecule has 1 aliphatic heterocycles. The van der Waals surface area contributed by atoms with E-state index in [-0.39, 0.29) is 16.8 Å². The highest BCUT2D eigenvalue weighted by Gasteiger charge is 2.54.